The number of carbonyl (C=O) groups excluding carboxylic acids is 1. The van der Waals surface area contributed by atoms with Crippen LogP contribution in [0.1, 0.15) is 10.4 Å². The van der Waals surface area contributed by atoms with Crippen LogP contribution >= 0.6 is 11.6 Å². The fourth-order valence-corrected chi connectivity index (χ4v) is 3.79. The lowest BCUT2D eigenvalue weighted by atomic mass is 10.1. The summed E-state index contributed by atoms with van der Waals surface area (Å²) in [4.78, 5) is 30.5. The lowest BCUT2D eigenvalue weighted by Crippen LogP contribution is -2.23. The van der Waals surface area contributed by atoms with E-state index in [2.05, 4.69) is 15.0 Å². The normalized spacial score (nSPS) is 11.0. The Bertz CT molecular complexity index is 1510. The van der Waals surface area contributed by atoms with Gasteiger partial charge in [-0.05, 0) is 30.3 Å². The molecular formula is C24H17ClF4N4O4. The maximum Gasteiger partial charge on any atom is 0.387 e. The van der Waals surface area contributed by atoms with Crippen LogP contribution in [0.2, 0.25) is 5.02 Å². The second-order valence-corrected chi connectivity index (χ2v) is 7.96. The molecule has 0 fully saturated rings. The third-order valence-corrected chi connectivity index (χ3v) is 5.49. The molecule has 0 aliphatic rings. The van der Waals surface area contributed by atoms with Gasteiger partial charge >= 0.3 is 6.61 Å². The Morgan fingerprint density at radius 2 is 1.70 bits per heavy atom. The lowest BCUT2D eigenvalue weighted by molar-refractivity contribution is -0.0498. The molecule has 0 aliphatic carbocycles. The first kappa shape index (κ1) is 25.8. The number of amides is 1. The van der Waals surface area contributed by atoms with Crippen molar-refractivity contribution in [3.63, 3.8) is 0 Å². The smallest absolute Gasteiger partial charge is 0.387 e. The molecule has 0 bridgehead atoms. The highest BCUT2D eigenvalue weighted by atomic mass is 35.5. The van der Waals surface area contributed by atoms with Crippen LogP contribution in [0.15, 0.2) is 59.5 Å². The van der Waals surface area contributed by atoms with Gasteiger partial charge in [0.15, 0.2) is 5.82 Å². The van der Waals surface area contributed by atoms with Gasteiger partial charge in [-0.25, -0.2) is 13.8 Å². The number of rotatable bonds is 7. The molecule has 0 saturated heterocycles. The summed E-state index contributed by atoms with van der Waals surface area (Å²) in [6, 6.07) is 9.28. The molecule has 2 aromatic carbocycles. The fourth-order valence-electron chi connectivity index (χ4n) is 3.64. The van der Waals surface area contributed by atoms with Crippen molar-refractivity contribution >= 4 is 23.2 Å². The number of nitrogens with zero attached hydrogens (tertiary/aromatic N) is 3. The van der Waals surface area contributed by atoms with Gasteiger partial charge < -0.3 is 14.8 Å². The molecule has 0 radical (unpaired) electrons. The molecule has 2 heterocycles. The van der Waals surface area contributed by atoms with E-state index in [1.807, 2.05) is 0 Å². The van der Waals surface area contributed by atoms with Crippen molar-refractivity contribution in [2.45, 2.75) is 6.61 Å². The highest BCUT2D eigenvalue weighted by molar-refractivity contribution is 6.30. The number of halogens is 5. The second-order valence-electron chi connectivity index (χ2n) is 7.52. The fraction of sp³-hybridized carbons (Fsp3) is 0.125. The van der Waals surface area contributed by atoms with Gasteiger partial charge in [-0.1, -0.05) is 11.6 Å². The third kappa shape index (κ3) is 5.14. The van der Waals surface area contributed by atoms with Crippen molar-refractivity contribution in [2.24, 2.45) is 7.05 Å². The van der Waals surface area contributed by atoms with Crippen LogP contribution in [-0.2, 0) is 7.05 Å². The van der Waals surface area contributed by atoms with Gasteiger partial charge in [0, 0.05) is 42.0 Å². The minimum Gasteiger partial charge on any atom is -0.497 e. The zero-order valence-electron chi connectivity index (χ0n) is 19.1. The summed E-state index contributed by atoms with van der Waals surface area (Å²) < 4.78 is 66.2. The number of carbonyl (C=O) groups is 1. The summed E-state index contributed by atoms with van der Waals surface area (Å²) in [6.45, 7) is -3.06. The zero-order valence-corrected chi connectivity index (χ0v) is 19.9. The Kier molecular flexibility index (Phi) is 7.21. The average Bonchev–Trinajstić information content (AvgIpc) is 3.07. The molecule has 0 unspecified atom stereocenters. The molecule has 0 aliphatic heterocycles. The van der Waals surface area contributed by atoms with E-state index in [-0.39, 0.29) is 33.6 Å². The molecule has 0 saturated carbocycles. The first-order valence-electron chi connectivity index (χ1n) is 10.4. The first-order chi connectivity index (χ1) is 17.6. The van der Waals surface area contributed by atoms with Gasteiger partial charge in [-0.15, -0.1) is 0 Å². The van der Waals surface area contributed by atoms with Crippen LogP contribution in [0.5, 0.6) is 11.5 Å². The molecule has 1 N–H and O–H groups in total. The molecule has 1 amide bonds. The predicted octanol–water partition coefficient (Wildman–Crippen LogP) is 5.03. The summed E-state index contributed by atoms with van der Waals surface area (Å²) in [5, 5.41) is 2.61. The van der Waals surface area contributed by atoms with E-state index < -0.39 is 41.0 Å². The summed E-state index contributed by atoms with van der Waals surface area (Å²) in [5.41, 5.74) is -2.30. The number of aromatic nitrogens is 3. The number of alkyl halides is 2. The molecule has 8 nitrogen and oxygen atoms in total. The van der Waals surface area contributed by atoms with Crippen molar-refractivity contribution in [3.05, 3.63) is 87.3 Å². The van der Waals surface area contributed by atoms with Crippen LogP contribution in [-0.4, -0.2) is 34.0 Å². The van der Waals surface area contributed by atoms with Gasteiger partial charge in [-0.3, -0.25) is 14.3 Å². The average molecular weight is 537 g/mol. The number of hydrogen-bond acceptors (Lipinski definition) is 5. The van der Waals surface area contributed by atoms with Gasteiger partial charge in [0.05, 0.1) is 12.7 Å². The first-order valence-corrected chi connectivity index (χ1v) is 10.8. The Balaban J connectivity index is 1.87. The van der Waals surface area contributed by atoms with E-state index in [9.17, 15) is 18.4 Å². The molecule has 192 valence electrons. The van der Waals surface area contributed by atoms with Crippen LogP contribution in [0, 0.1) is 11.6 Å². The van der Waals surface area contributed by atoms with E-state index in [1.165, 1.54) is 44.6 Å². The van der Waals surface area contributed by atoms with Gasteiger partial charge in [0.2, 0.25) is 0 Å². The number of benzene rings is 2. The standard InChI is InChI=1S/C24H17ClF4N4O4/c1-32-21(19-16(26)10-15(36-2)11-17(19)27)20(23(35)33(32)18-9-13(25)7-8-30-18)31-22(34)12-3-5-14(6-4-12)37-24(28)29/h3-11,24H,1-2H3,(H,31,34). The van der Waals surface area contributed by atoms with Gasteiger partial charge in [0.1, 0.15) is 34.5 Å². The lowest BCUT2D eigenvalue weighted by Gasteiger charge is -2.13. The molecule has 37 heavy (non-hydrogen) atoms. The molecule has 13 heteroatoms. The van der Waals surface area contributed by atoms with Crippen LogP contribution < -0.4 is 20.3 Å². The summed E-state index contributed by atoms with van der Waals surface area (Å²) in [5.74, 6) is -3.25. The van der Waals surface area contributed by atoms with E-state index in [1.54, 1.807) is 0 Å². The number of pyridine rings is 1. The van der Waals surface area contributed by atoms with E-state index in [0.29, 0.717) is 0 Å². The maximum absolute atomic E-state index is 15.1. The van der Waals surface area contributed by atoms with E-state index in [4.69, 9.17) is 16.3 Å². The van der Waals surface area contributed by atoms with Crippen molar-refractivity contribution < 1.29 is 31.8 Å². The number of methoxy groups -OCH3 is 1. The Hall–Kier alpha value is -4.32. The molecule has 4 aromatic rings. The second kappa shape index (κ2) is 10.3. The summed E-state index contributed by atoms with van der Waals surface area (Å²) >= 11 is 6.03. The number of anilines is 1. The maximum atomic E-state index is 15.1. The Morgan fingerprint density at radius 1 is 1.05 bits per heavy atom. The molecular weight excluding hydrogens is 520 g/mol. The number of nitrogens with one attached hydrogen (secondary N) is 1. The van der Waals surface area contributed by atoms with Gasteiger partial charge in [-0.2, -0.15) is 13.5 Å². The van der Waals surface area contributed by atoms with Crippen LogP contribution in [0.25, 0.3) is 17.1 Å². The van der Waals surface area contributed by atoms with Crippen molar-refractivity contribution in [2.75, 3.05) is 12.4 Å². The quantitative estimate of drug-likeness (QED) is 0.335. The molecule has 2 aromatic heterocycles. The van der Waals surface area contributed by atoms with Crippen molar-refractivity contribution in [1.82, 2.24) is 14.3 Å². The third-order valence-electron chi connectivity index (χ3n) is 5.26. The minimum atomic E-state index is -3.06. The van der Waals surface area contributed by atoms with Gasteiger partial charge in [0.25, 0.3) is 11.5 Å². The topological polar surface area (TPSA) is 87.4 Å². The highest BCUT2D eigenvalue weighted by Crippen LogP contribution is 2.34. The van der Waals surface area contributed by atoms with Crippen LogP contribution in [0.3, 0.4) is 0 Å². The van der Waals surface area contributed by atoms with Crippen LogP contribution in [0.4, 0.5) is 23.2 Å². The molecule has 0 atom stereocenters. The van der Waals surface area contributed by atoms with Crippen molar-refractivity contribution in [3.8, 4) is 28.6 Å². The molecule has 4 rings (SSSR count). The van der Waals surface area contributed by atoms with E-state index >= 15 is 8.78 Å². The monoisotopic (exact) mass is 536 g/mol. The highest BCUT2D eigenvalue weighted by Gasteiger charge is 2.28. The van der Waals surface area contributed by atoms with Crippen molar-refractivity contribution in [1.29, 1.82) is 0 Å². The largest absolute Gasteiger partial charge is 0.497 e. The summed E-state index contributed by atoms with van der Waals surface area (Å²) in [6.07, 6.45) is 1.33. The Labute approximate surface area is 211 Å². The molecule has 0 spiro atoms. The zero-order chi connectivity index (χ0) is 26.9. The predicted molar refractivity (Wildman–Crippen MR) is 127 cm³/mol. The van der Waals surface area contributed by atoms with E-state index in [0.717, 1.165) is 33.6 Å². The number of ether oxygens (including phenoxy) is 2. The minimum absolute atomic E-state index is 0.0181. The SMILES string of the molecule is COc1cc(F)c(-c2c(NC(=O)c3ccc(OC(F)F)cc3)c(=O)n(-c3cc(Cl)ccn3)n2C)c(F)c1. The number of hydrogen-bond donors (Lipinski definition) is 1. The Morgan fingerprint density at radius 3 is 2.27 bits per heavy atom. The summed E-state index contributed by atoms with van der Waals surface area (Å²) in [7, 11) is 2.57.